The lowest BCUT2D eigenvalue weighted by molar-refractivity contribution is 0.537. The first-order valence-corrected chi connectivity index (χ1v) is 5.45. The second-order valence-electron chi connectivity index (χ2n) is 5.27. The Hall–Kier alpha value is -0.900. The van der Waals surface area contributed by atoms with Crippen molar-refractivity contribution in [1.82, 2.24) is 14.8 Å². The molecule has 1 aromatic rings. The molecule has 0 fully saturated rings. The topological polar surface area (TPSA) is 56.7 Å². The van der Waals surface area contributed by atoms with Crippen molar-refractivity contribution in [3.63, 3.8) is 0 Å². The molecule has 0 spiro atoms. The van der Waals surface area contributed by atoms with E-state index in [-0.39, 0.29) is 5.41 Å². The summed E-state index contributed by atoms with van der Waals surface area (Å²) in [6.45, 7) is 9.19. The van der Waals surface area contributed by atoms with Crippen LogP contribution in [0.1, 0.15) is 39.3 Å². The molecule has 86 valence electrons. The molecule has 0 aliphatic rings. The Morgan fingerprint density at radius 1 is 1.40 bits per heavy atom. The van der Waals surface area contributed by atoms with Crippen LogP contribution >= 0.6 is 0 Å². The maximum absolute atomic E-state index is 5.61. The van der Waals surface area contributed by atoms with Crippen LogP contribution in [0.3, 0.4) is 0 Å². The molecular formula is C11H22N4. The smallest absolute Gasteiger partial charge is 0.156 e. The summed E-state index contributed by atoms with van der Waals surface area (Å²) in [5.41, 5.74) is 5.62. The van der Waals surface area contributed by atoms with E-state index in [1.165, 1.54) is 0 Å². The highest BCUT2D eigenvalue weighted by atomic mass is 15.3. The molecule has 4 nitrogen and oxygen atoms in total. The van der Waals surface area contributed by atoms with Crippen LogP contribution in [0.15, 0.2) is 0 Å². The summed E-state index contributed by atoms with van der Waals surface area (Å²) in [6.07, 6.45) is 0.899. The average Bonchev–Trinajstić information content (AvgIpc) is 2.47. The molecular weight excluding hydrogens is 188 g/mol. The van der Waals surface area contributed by atoms with Crippen molar-refractivity contribution < 1.29 is 0 Å². The predicted octanol–water partition coefficient (Wildman–Crippen LogP) is 1.25. The van der Waals surface area contributed by atoms with Gasteiger partial charge in [0.1, 0.15) is 5.82 Å². The number of aromatic nitrogens is 3. The molecule has 1 rings (SSSR count). The van der Waals surface area contributed by atoms with E-state index in [9.17, 15) is 0 Å². The molecule has 1 aromatic heterocycles. The highest BCUT2D eigenvalue weighted by Crippen LogP contribution is 2.18. The summed E-state index contributed by atoms with van der Waals surface area (Å²) in [7, 11) is 1.95. The molecule has 0 bridgehead atoms. The Balaban J connectivity index is 2.87. The van der Waals surface area contributed by atoms with E-state index in [0.717, 1.165) is 18.1 Å². The Kier molecular flexibility index (Phi) is 3.50. The summed E-state index contributed by atoms with van der Waals surface area (Å²) in [5, 5.41) is 4.43. The molecule has 0 aliphatic heterocycles. The number of nitrogens with zero attached hydrogens (tertiary/aromatic N) is 3. The number of hydrogen-bond acceptors (Lipinski definition) is 3. The molecule has 2 N–H and O–H groups in total. The first kappa shape index (κ1) is 12.2. The van der Waals surface area contributed by atoms with E-state index >= 15 is 0 Å². The van der Waals surface area contributed by atoms with E-state index in [4.69, 9.17) is 5.73 Å². The monoisotopic (exact) mass is 210 g/mol. The number of rotatable bonds is 3. The number of nitrogens with two attached hydrogens (primary N) is 1. The average molecular weight is 210 g/mol. The lowest BCUT2D eigenvalue weighted by Crippen LogP contribution is -2.15. The van der Waals surface area contributed by atoms with Gasteiger partial charge in [0.25, 0.3) is 0 Å². The van der Waals surface area contributed by atoms with Crippen molar-refractivity contribution in [3.8, 4) is 0 Å². The first-order valence-electron chi connectivity index (χ1n) is 5.45. The predicted molar refractivity (Wildman–Crippen MR) is 61.6 cm³/mol. The fraction of sp³-hybridized carbons (Fsp3) is 0.818. The maximum Gasteiger partial charge on any atom is 0.156 e. The van der Waals surface area contributed by atoms with Gasteiger partial charge in [0, 0.05) is 18.9 Å². The van der Waals surface area contributed by atoms with Crippen LogP contribution in [-0.4, -0.2) is 21.3 Å². The van der Waals surface area contributed by atoms with Crippen LogP contribution in [0.5, 0.6) is 0 Å². The van der Waals surface area contributed by atoms with Gasteiger partial charge >= 0.3 is 0 Å². The third kappa shape index (κ3) is 3.02. The summed E-state index contributed by atoms with van der Waals surface area (Å²) >= 11 is 0. The third-order valence-electron chi connectivity index (χ3n) is 2.46. The molecule has 0 aliphatic carbocycles. The fourth-order valence-electron chi connectivity index (χ4n) is 1.31. The van der Waals surface area contributed by atoms with E-state index < -0.39 is 0 Å². The van der Waals surface area contributed by atoms with Gasteiger partial charge in [0.15, 0.2) is 5.82 Å². The molecule has 0 amide bonds. The Labute approximate surface area is 91.9 Å². The van der Waals surface area contributed by atoms with Crippen LogP contribution in [0.4, 0.5) is 0 Å². The maximum atomic E-state index is 5.61. The standard InChI is InChI=1S/C11H22N4/c1-8(7-12)6-9-13-10(11(2,3)4)14-15(9)5/h8H,6-7,12H2,1-5H3. The summed E-state index contributed by atoms with van der Waals surface area (Å²) in [4.78, 5) is 4.57. The van der Waals surface area contributed by atoms with Gasteiger partial charge in [-0.15, -0.1) is 0 Å². The summed E-state index contributed by atoms with van der Waals surface area (Å²) < 4.78 is 1.87. The zero-order valence-electron chi connectivity index (χ0n) is 10.4. The quantitative estimate of drug-likeness (QED) is 0.817. The second-order valence-corrected chi connectivity index (χ2v) is 5.27. The van der Waals surface area contributed by atoms with Crippen molar-refractivity contribution in [2.75, 3.05) is 6.54 Å². The van der Waals surface area contributed by atoms with E-state index in [2.05, 4.69) is 37.8 Å². The van der Waals surface area contributed by atoms with E-state index in [1.807, 2.05) is 11.7 Å². The van der Waals surface area contributed by atoms with Gasteiger partial charge in [-0.2, -0.15) is 5.10 Å². The fourth-order valence-corrected chi connectivity index (χ4v) is 1.31. The van der Waals surface area contributed by atoms with E-state index in [0.29, 0.717) is 12.5 Å². The third-order valence-corrected chi connectivity index (χ3v) is 2.46. The molecule has 0 aromatic carbocycles. The summed E-state index contributed by atoms with van der Waals surface area (Å²) in [6, 6.07) is 0. The highest BCUT2D eigenvalue weighted by molar-refractivity contribution is 5.03. The Morgan fingerprint density at radius 3 is 2.40 bits per heavy atom. The molecule has 1 atom stereocenters. The van der Waals surface area contributed by atoms with Crippen LogP contribution in [0.2, 0.25) is 0 Å². The lowest BCUT2D eigenvalue weighted by atomic mass is 9.96. The number of aryl methyl sites for hydroxylation is 1. The normalized spacial score (nSPS) is 14.3. The SMILES string of the molecule is CC(CN)Cc1nc(C(C)(C)C)nn1C. The highest BCUT2D eigenvalue weighted by Gasteiger charge is 2.21. The molecule has 0 saturated heterocycles. The minimum absolute atomic E-state index is 0.0158. The van der Waals surface area contributed by atoms with Crippen molar-refractivity contribution >= 4 is 0 Å². The summed E-state index contributed by atoms with van der Waals surface area (Å²) in [5.74, 6) is 2.39. The van der Waals surface area contributed by atoms with Crippen molar-refractivity contribution in [2.24, 2.45) is 18.7 Å². The van der Waals surface area contributed by atoms with Gasteiger partial charge in [-0.1, -0.05) is 27.7 Å². The van der Waals surface area contributed by atoms with Gasteiger partial charge in [-0.3, -0.25) is 4.68 Å². The minimum atomic E-state index is 0.0158. The molecule has 15 heavy (non-hydrogen) atoms. The van der Waals surface area contributed by atoms with Crippen LogP contribution in [0, 0.1) is 5.92 Å². The number of hydrogen-bond donors (Lipinski definition) is 1. The van der Waals surface area contributed by atoms with E-state index in [1.54, 1.807) is 0 Å². The first-order chi connectivity index (χ1) is 6.84. The van der Waals surface area contributed by atoms with Gasteiger partial charge in [0.2, 0.25) is 0 Å². The Morgan fingerprint density at radius 2 is 2.00 bits per heavy atom. The zero-order chi connectivity index (χ0) is 11.6. The largest absolute Gasteiger partial charge is 0.330 e. The molecule has 0 saturated carbocycles. The van der Waals surface area contributed by atoms with Crippen LogP contribution in [-0.2, 0) is 18.9 Å². The zero-order valence-corrected chi connectivity index (χ0v) is 10.4. The molecule has 1 heterocycles. The lowest BCUT2D eigenvalue weighted by Gasteiger charge is -2.12. The molecule has 0 radical (unpaired) electrons. The van der Waals surface area contributed by atoms with Crippen LogP contribution < -0.4 is 5.73 Å². The minimum Gasteiger partial charge on any atom is -0.330 e. The second kappa shape index (κ2) is 4.31. The van der Waals surface area contributed by atoms with Crippen molar-refractivity contribution in [3.05, 3.63) is 11.6 Å². The molecule has 1 unspecified atom stereocenters. The van der Waals surface area contributed by atoms with Gasteiger partial charge in [0.05, 0.1) is 0 Å². The van der Waals surface area contributed by atoms with Gasteiger partial charge < -0.3 is 5.73 Å². The Bertz CT molecular complexity index is 322. The van der Waals surface area contributed by atoms with Crippen molar-refractivity contribution in [1.29, 1.82) is 0 Å². The van der Waals surface area contributed by atoms with Gasteiger partial charge in [-0.25, -0.2) is 4.98 Å². The van der Waals surface area contributed by atoms with Crippen LogP contribution in [0.25, 0.3) is 0 Å². The van der Waals surface area contributed by atoms with Gasteiger partial charge in [-0.05, 0) is 12.5 Å². The van der Waals surface area contributed by atoms with Crippen molar-refractivity contribution in [2.45, 2.75) is 39.5 Å². The molecule has 4 heteroatoms.